The zero-order chi connectivity index (χ0) is 14.5. The van der Waals surface area contributed by atoms with E-state index in [4.69, 9.17) is 5.11 Å². The third-order valence-corrected chi connectivity index (χ3v) is 3.38. The summed E-state index contributed by atoms with van der Waals surface area (Å²) in [6.45, 7) is 0.813. The number of hydrogen-bond acceptors (Lipinski definition) is 2. The topological polar surface area (TPSA) is 69.6 Å². The van der Waals surface area contributed by atoms with Gasteiger partial charge in [0.1, 0.15) is 11.9 Å². The van der Waals surface area contributed by atoms with Crippen molar-refractivity contribution >= 4 is 12.0 Å². The van der Waals surface area contributed by atoms with E-state index in [2.05, 4.69) is 5.32 Å². The minimum atomic E-state index is -0.970. The van der Waals surface area contributed by atoms with Gasteiger partial charge in [0.15, 0.2) is 0 Å². The van der Waals surface area contributed by atoms with Gasteiger partial charge in [-0.2, -0.15) is 0 Å². The molecule has 2 amide bonds. The van der Waals surface area contributed by atoms with Crippen molar-refractivity contribution in [2.45, 2.75) is 25.3 Å². The van der Waals surface area contributed by atoms with Gasteiger partial charge >= 0.3 is 12.0 Å². The van der Waals surface area contributed by atoms with Crippen LogP contribution >= 0.6 is 0 Å². The van der Waals surface area contributed by atoms with Gasteiger partial charge < -0.3 is 15.3 Å². The fourth-order valence-electron chi connectivity index (χ4n) is 2.37. The Morgan fingerprint density at radius 2 is 2.25 bits per heavy atom. The fourth-order valence-corrected chi connectivity index (χ4v) is 2.37. The number of carboxylic acid groups (broad SMARTS) is 1. The number of carboxylic acids is 1. The average Bonchev–Trinajstić information content (AvgIpc) is 2.88. The van der Waals surface area contributed by atoms with Crippen LogP contribution in [0.5, 0.6) is 0 Å². The van der Waals surface area contributed by atoms with Gasteiger partial charge in [-0.1, -0.05) is 12.1 Å². The summed E-state index contributed by atoms with van der Waals surface area (Å²) >= 11 is 0. The minimum Gasteiger partial charge on any atom is -0.480 e. The first-order valence-corrected chi connectivity index (χ1v) is 6.59. The molecule has 0 aromatic heterocycles. The molecule has 1 fully saturated rings. The molecule has 1 saturated heterocycles. The number of carbonyl (C=O) groups is 2. The molecule has 0 saturated carbocycles. The third-order valence-electron chi connectivity index (χ3n) is 3.38. The molecule has 0 radical (unpaired) electrons. The number of carbonyl (C=O) groups excluding carboxylic acids is 1. The van der Waals surface area contributed by atoms with E-state index in [1.165, 1.54) is 17.0 Å². The quantitative estimate of drug-likeness (QED) is 0.880. The number of likely N-dealkylation sites (tertiary alicyclic amines) is 1. The maximum Gasteiger partial charge on any atom is 0.326 e. The van der Waals surface area contributed by atoms with Crippen molar-refractivity contribution in [1.82, 2.24) is 10.2 Å². The van der Waals surface area contributed by atoms with Gasteiger partial charge in [-0.15, -0.1) is 0 Å². The zero-order valence-electron chi connectivity index (χ0n) is 11.0. The Morgan fingerprint density at radius 3 is 2.95 bits per heavy atom. The van der Waals surface area contributed by atoms with E-state index < -0.39 is 12.0 Å². The summed E-state index contributed by atoms with van der Waals surface area (Å²) in [6, 6.07) is 5.08. The van der Waals surface area contributed by atoms with Gasteiger partial charge in [-0.3, -0.25) is 0 Å². The second-order valence-electron chi connectivity index (χ2n) is 4.80. The molecule has 2 N–H and O–H groups in total. The molecule has 1 atom stereocenters. The van der Waals surface area contributed by atoms with Crippen LogP contribution in [0.25, 0.3) is 0 Å². The molecule has 2 rings (SSSR count). The summed E-state index contributed by atoms with van der Waals surface area (Å²) in [5, 5.41) is 11.7. The first kappa shape index (κ1) is 14.3. The molecule has 0 aliphatic carbocycles. The summed E-state index contributed by atoms with van der Waals surface area (Å²) < 4.78 is 13.0. The lowest BCUT2D eigenvalue weighted by atomic mass is 10.1. The average molecular weight is 280 g/mol. The second kappa shape index (κ2) is 6.36. The third kappa shape index (κ3) is 3.46. The van der Waals surface area contributed by atoms with E-state index in [0.717, 1.165) is 5.56 Å². The van der Waals surface area contributed by atoms with Gasteiger partial charge in [-0.05, 0) is 37.0 Å². The minimum absolute atomic E-state index is 0.306. The summed E-state index contributed by atoms with van der Waals surface area (Å²) in [4.78, 5) is 24.2. The second-order valence-corrected chi connectivity index (χ2v) is 4.80. The first-order chi connectivity index (χ1) is 9.58. The van der Waals surface area contributed by atoms with Crippen molar-refractivity contribution in [2.24, 2.45) is 0 Å². The molecule has 1 aliphatic heterocycles. The van der Waals surface area contributed by atoms with Crippen LogP contribution in [0.2, 0.25) is 0 Å². The molecule has 108 valence electrons. The van der Waals surface area contributed by atoms with Crippen LogP contribution in [0.3, 0.4) is 0 Å². The smallest absolute Gasteiger partial charge is 0.326 e. The number of amides is 2. The van der Waals surface area contributed by atoms with Gasteiger partial charge in [-0.25, -0.2) is 14.0 Å². The molecular formula is C14H17FN2O3. The molecule has 0 bridgehead atoms. The summed E-state index contributed by atoms with van der Waals surface area (Å²) in [5.74, 6) is -1.28. The van der Waals surface area contributed by atoms with E-state index in [9.17, 15) is 14.0 Å². The van der Waals surface area contributed by atoms with Crippen LogP contribution in [-0.4, -0.2) is 41.1 Å². The molecule has 1 heterocycles. The van der Waals surface area contributed by atoms with Crippen LogP contribution in [0.4, 0.5) is 9.18 Å². The Bertz CT molecular complexity index is 507. The Balaban J connectivity index is 1.82. The Kier molecular flexibility index (Phi) is 4.55. The maximum atomic E-state index is 13.0. The number of rotatable bonds is 4. The van der Waals surface area contributed by atoms with E-state index in [1.54, 1.807) is 12.1 Å². The molecule has 1 aliphatic rings. The number of aliphatic carboxylic acids is 1. The lowest BCUT2D eigenvalue weighted by molar-refractivity contribution is -0.141. The van der Waals surface area contributed by atoms with Gasteiger partial charge in [0.25, 0.3) is 0 Å². The number of benzene rings is 1. The van der Waals surface area contributed by atoms with Gasteiger partial charge in [0, 0.05) is 13.1 Å². The molecule has 1 aromatic carbocycles. The predicted octanol–water partition coefficient (Wildman–Crippen LogP) is 1.63. The monoisotopic (exact) mass is 280 g/mol. The van der Waals surface area contributed by atoms with E-state index in [0.29, 0.717) is 32.4 Å². The van der Waals surface area contributed by atoms with E-state index in [1.807, 2.05) is 0 Å². The van der Waals surface area contributed by atoms with Crippen LogP contribution in [0.1, 0.15) is 18.4 Å². The van der Waals surface area contributed by atoms with Crippen molar-refractivity contribution in [1.29, 1.82) is 0 Å². The number of nitrogens with zero attached hydrogens (tertiary/aromatic N) is 1. The molecule has 20 heavy (non-hydrogen) atoms. The highest BCUT2D eigenvalue weighted by molar-refractivity contribution is 5.83. The Hall–Kier alpha value is -2.11. The zero-order valence-corrected chi connectivity index (χ0v) is 11.0. The highest BCUT2D eigenvalue weighted by Gasteiger charge is 2.33. The highest BCUT2D eigenvalue weighted by atomic mass is 19.1. The molecular weight excluding hydrogens is 263 g/mol. The number of halogens is 1. The summed E-state index contributed by atoms with van der Waals surface area (Å²) in [5.41, 5.74) is 0.793. The molecule has 0 unspecified atom stereocenters. The molecule has 5 nitrogen and oxygen atoms in total. The SMILES string of the molecule is O=C(O)[C@H]1CCCN1C(=O)NCCc1cccc(F)c1. The number of urea groups is 1. The van der Waals surface area contributed by atoms with Crippen LogP contribution < -0.4 is 5.32 Å². The van der Waals surface area contributed by atoms with Crippen molar-refractivity contribution in [2.75, 3.05) is 13.1 Å². The standard InChI is InChI=1S/C14H17FN2O3/c15-11-4-1-3-10(9-11)6-7-16-14(20)17-8-2-5-12(17)13(18)19/h1,3-4,9,12H,2,5-8H2,(H,16,20)(H,18,19)/t12-/m1/s1. The normalized spacial score (nSPS) is 18.1. The number of nitrogens with one attached hydrogen (secondary N) is 1. The van der Waals surface area contributed by atoms with Crippen molar-refractivity contribution in [3.8, 4) is 0 Å². The summed E-state index contributed by atoms with van der Waals surface area (Å²) in [7, 11) is 0. The Labute approximate surface area is 116 Å². The van der Waals surface area contributed by atoms with Crippen molar-refractivity contribution in [3.05, 3.63) is 35.6 Å². The van der Waals surface area contributed by atoms with Crippen LogP contribution in [0, 0.1) is 5.82 Å². The lowest BCUT2D eigenvalue weighted by Gasteiger charge is -2.21. The van der Waals surface area contributed by atoms with Gasteiger partial charge in [0.2, 0.25) is 0 Å². The van der Waals surface area contributed by atoms with E-state index >= 15 is 0 Å². The van der Waals surface area contributed by atoms with Gasteiger partial charge in [0.05, 0.1) is 0 Å². The summed E-state index contributed by atoms with van der Waals surface area (Å²) in [6.07, 6.45) is 1.70. The number of hydrogen-bond donors (Lipinski definition) is 2. The highest BCUT2D eigenvalue weighted by Crippen LogP contribution is 2.17. The molecule has 1 aromatic rings. The molecule has 6 heteroatoms. The van der Waals surface area contributed by atoms with E-state index in [-0.39, 0.29) is 11.8 Å². The maximum absolute atomic E-state index is 13.0. The first-order valence-electron chi connectivity index (χ1n) is 6.59. The fraction of sp³-hybridized carbons (Fsp3) is 0.429. The van der Waals surface area contributed by atoms with Crippen LogP contribution in [-0.2, 0) is 11.2 Å². The largest absolute Gasteiger partial charge is 0.480 e. The Morgan fingerprint density at radius 1 is 1.45 bits per heavy atom. The lowest BCUT2D eigenvalue weighted by Crippen LogP contribution is -2.46. The van der Waals surface area contributed by atoms with Crippen LogP contribution in [0.15, 0.2) is 24.3 Å². The molecule has 0 spiro atoms. The van der Waals surface area contributed by atoms with Crippen molar-refractivity contribution in [3.63, 3.8) is 0 Å². The van der Waals surface area contributed by atoms with Crippen molar-refractivity contribution < 1.29 is 19.1 Å². The predicted molar refractivity (Wildman–Crippen MR) is 70.9 cm³/mol.